The van der Waals surface area contributed by atoms with Gasteiger partial charge in [0.15, 0.2) is 9.84 Å². The van der Waals surface area contributed by atoms with Gasteiger partial charge >= 0.3 is 0 Å². The van der Waals surface area contributed by atoms with Crippen molar-refractivity contribution < 1.29 is 13.2 Å². The van der Waals surface area contributed by atoms with Gasteiger partial charge in [0.1, 0.15) is 5.75 Å². The fourth-order valence-corrected chi connectivity index (χ4v) is 2.55. The normalized spacial score (nSPS) is 12.4. The molecule has 0 radical (unpaired) electrons. The van der Waals surface area contributed by atoms with Gasteiger partial charge in [-0.15, -0.1) is 12.4 Å². The molecule has 108 valence electrons. The van der Waals surface area contributed by atoms with E-state index >= 15 is 0 Å². The minimum absolute atomic E-state index is 0. The highest BCUT2D eigenvalue weighted by molar-refractivity contribution is 7.92. The minimum Gasteiger partial charge on any atom is -0.351 e. The van der Waals surface area contributed by atoms with Gasteiger partial charge < -0.3 is 11.1 Å². The number of carbonyl (C=O) groups excluding carboxylic acids is 1. The van der Waals surface area contributed by atoms with E-state index in [1.165, 1.54) is 24.3 Å². The molecule has 1 amide bonds. The van der Waals surface area contributed by atoms with Crippen LogP contribution in [-0.4, -0.2) is 32.7 Å². The van der Waals surface area contributed by atoms with Crippen LogP contribution in [0.2, 0.25) is 5.02 Å². The Hall–Kier alpha value is -0.820. The molecule has 0 aliphatic rings. The molecular formula is C11H16Cl2N2O3S. The van der Waals surface area contributed by atoms with E-state index in [1.807, 2.05) is 0 Å². The molecule has 1 rings (SSSR count). The van der Waals surface area contributed by atoms with Crippen molar-refractivity contribution in [2.75, 3.05) is 12.3 Å². The highest BCUT2D eigenvalue weighted by Gasteiger charge is 2.19. The second kappa shape index (κ2) is 7.69. The van der Waals surface area contributed by atoms with E-state index in [0.717, 1.165) is 0 Å². The van der Waals surface area contributed by atoms with E-state index in [9.17, 15) is 13.2 Å². The molecule has 1 aromatic carbocycles. The van der Waals surface area contributed by atoms with Gasteiger partial charge in [0.25, 0.3) is 0 Å². The van der Waals surface area contributed by atoms with E-state index in [4.69, 9.17) is 17.3 Å². The first-order valence-corrected chi connectivity index (χ1v) is 7.36. The number of carbonyl (C=O) groups is 1. The molecule has 8 heteroatoms. The Morgan fingerprint density at radius 1 is 1.37 bits per heavy atom. The predicted octanol–water partition coefficient (Wildman–Crippen LogP) is 0.999. The highest BCUT2D eigenvalue weighted by atomic mass is 35.5. The second-order valence-electron chi connectivity index (χ2n) is 3.92. The second-order valence-corrected chi connectivity index (χ2v) is 6.34. The molecule has 0 unspecified atom stereocenters. The van der Waals surface area contributed by atoms with Gasteiger partial charge in [0, 0.05) is 17.6 Å². The van der Waals surface area contributed by atoms with Crippen LogP contribution in [0.1, 0.15) is 6.92 Å². The number of sulfone groups is 1. The fourth-order valence-electron chi connectivity index (χ4n) is 1.27. The first-order chi connectivity index (χ1) is 8.35. The van der Waals surface area contributed by atoms with Crippen LogP contribution in [-0.2, 0) is 14.6 Å². The molecule has 0 aliphatic heterocycles. The summed E-state index contributed by atoms with van der Waals surface area (Å²) >= 11 is 5.67. The summed E-state index contributed by atoms with van der Waals surface area (Å²) in [6.45, 7) is 1.96. The summed E-state index contributed by atoms with van der Waals surface area (Å²) in [4.78, 5) is 11.6. The maximum atomic E-state index is 11.9. The van der Waals surface area contributed by atoms with Crippen LogP contribution < -0.4 is 11.1 Å². The fraction of sp³-hybridized carbons (Fsp3) is 0.364. The van der Waals surface area contributed by atoms with E-state index < -0.39 is 21.5 Å². The van der Waals surface area contributed by atoms with E-state index in [2.05, 4.69) is 5.32 Å². The van der Waals surface area contributed by atoms with Crippen molar-refractivity contribution in [1.29, 1.82) is 0 Å². The molecule has 3 N–H and O–H groups in total. The average Bonchev–Trinajstić information content (AvgIpc) is 2.28. The average molecular weight is 327 g/mol. The maximum Gasteiger partial charge on any atom is 0.235 e. The van der Waals surface area contributed by atoms with Crippen LogP contribution in [0.15, 0.2) is 29.2 Å². The van der Waals surface area contributed by atoms with Gasteiger partial charge in [-0.2, -0.15) is 0 Å². The SMILES string of the molecule is C[C@@H](CN)NC(=O)CS(=O)(=O)c1ccc(Cl)cc1.Cl. The zero-order chi connectivity index (χ0) is 13.8. The summed E-state index contributed by atoms with van der Waals surface area (Å²) in [6.07, 6.45) is 0. The summed E-state index contributed by atoms with van der Waals surface area (Å²) in [5.74, 6) is -1.17. The van der Waals surface area contributed by atoms with Crippen molar-refractivity contribution in [3.8, 4) is 0 Å². The topological polar surface area (TPSA) is 89.3 Å². The van der Waals surface area contributed by atoms with Gasteiger partial charge in [-0.05, 0) is 31.2 Å². The molecule has 19 heavy (non-hydrogen) atoms. The Labute approximate surface area is 123 Å². The Balaban J connectivity index is 0.00000324. The van der Waals surface area contributed by atoms with Crippen molar-refractivity contribution in [3.63, 3.8) is 0 Å². The van der Waals surface area contributed by atoms with Crippen molar-refractivity contribution >= 4 is 39.8 Å². The third-order valence-electron chi connectivity index (χ3n) is 2.25. The minimum atomic E-state index is -3.64. The predicted molar refractivity (Wildman–Crippen MR) is 77.4 cm³/mol. The number of hydrogen-bond donors (Lipinski definition) is 2. The molecule has 5 nitrogen and oxygen atoms in total. The van der Waals surface area contributed by atoms with Crippen LogP contribution in [0.5, 0.6) is 0 Å². The molecule has 1 aromatic rings. The van der Waals surface area contributed by atoms with Gasteiger partial charge in [-0.25, -0.2) is 8.42 Å². The van der Waals surface area contributed by atoms with Crippen molar-refractivity contribution in [3.05, 3.63) is 29.3 Å². The van der Waals surface area contributed by atoms with Crippen LogP contribution in [0.25, 0.3) is 0 Å². The molecule has 0 bridgehead atoms. The first-order valence-electron chi connectivity index (χ1n) is 5.33. The first kappa shape index (κ1) is 18.2. The van der Waals surface area contributed by atoms with E-state index in [-0.39, 0.29) is 29.9 Å². The molecular weight excluding hydrogens is 311 g/mol. The Morgan fingerprint density at radius 3 is 2.37 bits per heavy atom. The lowest BCUT2D eigenvalue weighted by Gasteiger charge is -2.11. The lowest BCUT2D eigenvalue weighted by Crippen LogP contribution is -2.40. The van der Waals surface area contributed by atoms with Crippen molar-refractivity contribution in [1.82, 2.24) is 5.32 Å². The molecule has 0 spiro atoms. The van der Waals surface area contributed by atoms with Crippen LogP contribution in [0, 0.1) is 0 Å². The maximum absolute atomic E-state index is 11.9. The third-order valence-corrected chi connectivity index (χ3v) is 4.14. The molecule has 0 saturated carbocycles. The molecule has 0 saturated heterocycles. The van der Waals surface area contributed by atoms with Gasteiger partial charge in [0.05, 0.1) is 4.90 Å². The third kappa shape index (κ3) is 5.78. The van der Waals surface area contributed by atoms with Gasteiger partial charge in [-0.3, -0.25) is 4.79 Å². The molecule has 0 aromatic heterocycles. The van der Waals surface area contributed by atoms with E-state index in [0.29, 0.717) is 5.02 Å². The van der Waals surface area contributed by atoms with E-state index in [1.54, 1.807) is 6.92 Å². The quantitative estimate of drug-likeness (QED) is 0.844. The number of benzene rings is 1. The monoisotopic (exact) mass is 326 g/mol. The number of nitrogens with two attached hydrogens (primary N) is 1. The molecule has 0 aliphatic carbocycles. The zero-order valence-electron chi connectivity index (χ0n) is 10.3. The highest BCUT2D eigenvalue weighted by Crippen LogP contribution is 2.15. The molecule has 0 heterocycles. The summed E-state index contributed by atoms with van der Waals surface area (Å²) in [5, 5.41) is 2.94. The summed E-state index contributed by atoms with van der Waals surface area (Å²) in [6, 6.07) is 5.43. The molecule has 1 atom stereocenters. The lowest BCUT2D eigenvalue weighted by molar-refractivity contribution is -0.119. The zero-order valence-corrected chi connectivity index (χ0v) is 12.7. The Kier molecular flexibility index (Phi) is 7.36. The number of rotatable bonds is 5. The van der Waals surface area contributed by atoms with Crippen molar-refractivity contribution in [2.24, 2.45) is 5.73 Å². The van der Waals surface area contributed by atoms with Crippen molar-refractivity contribution in [2.45, 2.75) is 17.9 Å². The van der Waals surface area contributed by atoms with Gasteiger partial charge in [-0.1, -0.05) is 11.6 Å². The lowest BCUT2D eigenvalue weighted by atomic mass is 10.3. The Morgan fingerprint density at radius 2 is 1.89 bits per heavy atom. The summed E-state index contributed by atoms with van der Waals surface area (Å²) in [5.41, 5.74) is 5.33. The van der Waals surface area contributed by atoms with Crippen LogP contribution in [0.3, 0.4) is 0 Å². The number of nitrogens with one attached hydrogen (secondary N) is 1. The number of hydrogen-bond acceptors (Lipinski definition) is 4. The van der Waals surface area contributed by atoms with Gasteiger partial charge in [0.2, 0.25) is 5.91 Å². The summed E-state index contributed by atoms with van der Waals surface area (Å²) in [7, 11) is -3.64. The number of halogens is 2. The Bertz CT molecular complexity index is 517. The largest absolute Gasteiger partial charge is 0.351 e. The molecule has 0 fully saturated rings. The standard InChI is InChI=1S/C11H15ClN2O3S.ClH/c1-8(6-13)14-11(15)7-18(16,17)10-4-2-9(12)3-5-10;/h2-5,8H,6-7,13H2,1H3,(H,14,15);1H/t8-;/m0./s1. The van der Waals surface area contributed by atoms with Crippen LogP contribution in [0.4, 0.5) is 0 Å². The smallest absolute Gasteiger partial charge is 0.235 e. The summed E-state index contributed by atoms with van der Waals surface area (Å²) < 4.78 is 23.8. The van der Waals surface area contributed by atoms with Crippen LogP contribution >= 0.6 is 24.0 Å². The number of amides is 1.